The van der Waals surface area contributed by atoms with E-state index >= 15 is 0 Å². The molecule has 3 atom stereocenters. The average molecular weight is 242 g/mol. The lowest BCUT2D eigenvalue weighted by Crippen LogP contribution is -2.43. The fourth-order valence-electron chi connectivity index (χ4n) is 2.53. The van der Waals surface area contributed by atoms with Crippen molar-refractivity contribution in [3.8, 4) is 0 Å². The lowest BCUT2D eigenvalue weighted by molar-refractivity contribution is -0.141. The molecular formula is C11H18N2O4. The predicted octanol–water partition coefficient (Wildman–Crippen LogP) is 0.0159. The van der Waals surface area contributed by atoms with Crippen LogP contribution in [0.3, 0.4) is 0 Å². The van der Waals surface area contributed by atoms with Gasteiger partial charge in [0.1, 0.15) is 0 Å². The Kier molecular flexibility index (Phi) is 3.51. The maximum atomic E-state index is 11.8. The molecule has 1 saturated heterocycles. The van der Waals surface area contributed by atoms with Crippen LogP contribution in [0.4, 0.5) is 4.79 Å². The number of carbonyl (C=O) groups is 2. The number of likely N-dealkylation sites (tertiary alicyclic amines) is 1. The minimum absolute atomic E-state index is 0.0404. The van der Waals surface area contributed by atoms with Crippen LogP contribution in [0.15, 0.2) is 0 Å². The van der Waals surface area contributed by atoms with Gasteiger partial charge in [0.05, 0.1) is 12.0 Å². The normalized spacial score (nSPS) is 32.8. The standard InChI is InChI=1S/C11H18N2O4/c14-9-3-4-13(6-9)11(17)12-8-2-1-7(5-8)10(15)16/h7-9,14H,1-6H2,(H,12,17)(H,15,16)/t7-,8+,9?/m1/s1. The van der Waals surface area contributed by atoms with Crippen LogP contribution in [0.2, 0.25) is 0 Å². The molecule has 1 aliphatic heterocycles. The van der Waals surface area contributed by atoms with E-state index in [1.807, 2.05) is 0 Å². The van der Waals surface area contributed by atoms with Crippen molar-refractivity contribution >= 4 is 12.0 Å². The van der Waals surface area contributed by atoms with Crippen LogP contribution in [0.25, 0.3) is 0 Å². The summed E-state index contributed by atoms with van der Waals surface area (Å²) in [4.78, 5) is 24.1. The van der Waals surface area contributed by atoms with Crippen molar-refractivity contribution in [2.75, 3.05) is 13.1 Å². The Labute approximate surface area is 99.6 Å². The number of β-amino-alcohol motifs (C(OH)–C–C–N with tert-alkyl or cyclic N) is 1. The molecule has 3 N–H and O–H groups in total. The van der Waals surface area contributed by atoms with E-state index in [1.165, 1.54) is 0 Å². The van der Waals surface area contributed by atoms with Gasteiger partial charge in [-0.05, 0) is 25.7 Å². The summed E-state index contributed by atoms with van der Waals surface area (Å²) in [6, 6.07) is -0.223. The molecule has 0 radical (unpaired) electrons. The zero-order chi connectivity index (χ0) is 12.4. The molecule has 2 aliphatic rings. The maximum absolute atomic E-state index is 11.8. The molecule has 6 heteroatoms. The van der Waals surface area contributed by atoms with Gasteiger partial charge >= 0.3 is 12.0 Å². The third kappa shape index (κ3) is 2.88. The SMILES string of the molecule is O=C(O)[C@@H]1CC[C@H](NC(=O)N2CCC(O)C2)C1. The molecule has 0 bridgehead atoms. The number of carbonyl (C=O) groups excluding carboxylic acids is 1. The summed E-state index contributed by atoms with van der Waals surface area (Å²) in [5, 5.41) is 21.0. The first-order valence-corrected chi connectivity index (χ1v) is 6.02. The van der Waals surface area contributed by atoms with Crippen LogP contribution in [-0.4, -0.2) is 52.3 Å². The molecule has 1 saturated carbocycles. The molecule has 0 spiro atoms. The molecular weight excluding hydrogens is 224 g/mol. The molecule has 1 heterocycles. The molecule has 1 unspecified atom stereocenters. The molecule has 0 aromatic carbocycles. The van der Waals surface area contributed by atoms with Gasteiger partial charge in [-0.1, -0.05) is 0 Å². The Morgan fingerprint density at radius 1 is 1.24 bits per heavy atom. The highest BCUT2D eigenvalue weighted by atomic mass is 16.4. The second kappa shape index (κ2) is 4.91. The van der Waals surface area contributed by atoms with Crippen LogP contribution in [0.1, 0.15) is 25.7 Å². The van der Waals surface area contributed by atoms with E-state index < -0.39 is 12.1 Å². The van der Waals surface area contributed by atoms with Crippen molar-refractivity contribution in [2.24, 2.45) is 5.92 Å². The molecule has 1 aliphatic carbocycles. The summed E-state index contributed by atoms with van der Waals surface area (Å²) in [7, 11) is 0. The van der Waals surface area contributed by atoms with Crippen LogP contribution in [0.5, 0.6) is 0 Å². The predicted molar refractivity (Wildman–Crippen MR) is 59.5 cm³/mol. The van der Waals surface area contributed by atoms with Crippen molar-refractivity contribution in [2.45, 2.75) is 37.8 Å². The number of nitrogens with zero attached hydrogens (tertiary/aromatic N) is 1. The minimum Gasteiger partial charge on any atom is -0.481 e. The summed E-state index contributed by atoms with van der Waals surface area (Å²) in [6.07, 6.45) is 2.06. The average Bonchev–Trinajstić information content (AvgIpc) is 2.86. The molecule has 2 rings (SSSR count). The topological polar surface area (TPSA) is 89.9 Å². The van der Waals surface area contributed by atoms with Crippen molar-refractivity contribution < 1.29 is 19.8 Å². The Balaban J connectivity index is 1.78. The molecule has 2 amide bonds. The Hall–Kier alpha value is -1.30. The largest absolute Gasteiger partial charge is 0.481 e. The number of carboxylic acid groups (broad SMARTS) is 1. The third-order valence-corrected chi connectivity index (χ3v) is 3.56. The fourth-order valence-corrected chi connectivity index (χ4v) is 2.53. The summed E-state index contributed by atoms with van der Waals surface area (Å²) in [5.74, 6) is -1.11. The summed E-state index contributed by atoms with van der Waals surface area (Å²) in [5.41, 5.74) is 0. The van der Waals surface area contributed by atoms with Crippen LogP contribution >= 0.6 is 0 Å². The number of rotatable bonds is 2. The lowest BCUT2D eigenvalue weighted by Gasteiger charge is -2.20. The van der Waals surface area contributed by atoms with Crippen LogP contribution < -0.4 is 5.32 Å². The first-order chi connectivity index (χ1) is 8.06. The van der Waals surface area contributed by atoms with Crippen molar-refractivity contribution in [3.63, 3.8) is 0 Å². The lowest BCUT2D eigenvalue weighted by atomic mass is 10.1. The van der Waals surface area contributed by atoms with E-state index in [0.29, 0.717) is 32.4 Å². The van der Waals surface area contributed by atoms with Crippen LogP contribution in [-0.2, 0) is 4.79 Å². The highest BCUT2D eigenvalue weighted by Gasteiger charge is 2.32. The van der Waals surface area contributed by atoms with Crippen molar-refractivity contribution in [1.82, 2.24) is 10.2 Å². The highest BCUT2D eigenvalue weighted by Crippen LogP contribution is 2.25. The van der Waals surface area contributed by atoms with E-state index in [-0.39, 0.29) is 18.0 Å². The van der Waals surface area contributed by atoms with E-state index in [1.54, 1.807) is 4.90 Å². The second-order valence-electron chi connectivity index (χ2n) is 4.88. The van der Waals surface area contributed by atoms with Gasteiger partial charge in [-0.3, -0.25) is 4.79 Å². The van der Waals surface area contributed by atoms with Gasteiger partial charge in [0.25, 0.3) is 0 Å². The first-order valence-electron chi connectivity index (χ1n) is 6.02. The van der Waals surface area contributed by atoms with E-state index in [2.05, 4.69) is 5.32 Å². The Morgan fingerprint density at radius 2 is 2.00 bits per heavy atom. The first kappa shape index (κ1) is 12.2. The third-order valence-electron chi connectivity index (χ3n) is 3.56. The zero-order valence-corrected chi connectivity index (χ0v) is 9.63. The van der Waals surface area contributed by atoms with Crippen molar-refractivity contribution in [3.05, 3.63) is 0 Å². The minimum atomic E-state index is -0.779. The molecule has 2 fully saturated rings. The highest BCUT2D eigenvalue weighted by molar-refractivity contribution is 5.75. The summed E-state index contributed by atoms with van der Waals surface area (Å²) < 4.78 is 0. The molecule has 6 nitrogen and oxygen atoms in total. The quantitative estimate of drug-likeness (QED) is 0.636. The van der Waals surface area contributed by atoms with Gasteiger partial charge in [-0.2, -0.15) is 0 Å². The van der Waals surface area contributed by atoms with Gasteiger partial charge < -0.3 is 20.4 Å². The fraction of sp³-hybridized carbons (Fsp3) is 0.818. The number of nitrogens with one attached hydrogen (secondary N) is 1. The van der Waals surface area contributed by atoms with E-state index in [9.17, 15) is 14.7 Å². The number of aliphatic hydroxyl groups is 1. The number of amides is 2. The van der Waals surface area contributed by atoms with Crippen molar-refractivity contribution in [1.29, 1.82) is 0 Å². The number of hydrogen-bond donors (Lipinski definition) is 3. The molecule has 0 aromatic rings. The summed E-state index contributed by atoms with van der Waals surface area (Å²) in [6.45, 7) is 0.947. The molecule has 0 aromatic heterocycles. The summed E-state index contributed by atoms with van der Waals surface area (Å²) >= 11 is 0. The number of aliphatic hydroxyl groups excluding tert-OH is 1. The smallest absolute Gasteiger partial charge is 0.317 e. The van der Waals surface area contributed by atoms with Gasteiger partial charge in [-0.25, -0.2) is 4.79 Å². The number of aliphatic carboxylic acids is 1. The van der Waals surface area contributed by atoms with E-state index in [0.717, 1.165) is 6.42 Å². The monoisotopic (exact) mass is 242 g/mol. The second-order valence-corrected chi connectivity index (χ2v) is 4.88. The number of hydrogen-bond acceptors (Lipinski definition) is 3. The maximum Gasteiger partial charge on any atom is 0.317 e. The van der Waals surface area contributed by atoms with Gasteiger partial charge in [0.2, 0.25) is 0 Å². The number of urea groups is 1. The number of carboxylic acids is 1. The Bertz CT molecular complexity index is 321. The van der Waals surface area contributed by atoms with Gasteiger partial charge in [0, 0.05) is 19.1 Å². The zero-order valence-electron chi connectivity index (χ0n) is 9.63. The van der Waals surface area contributed by atoms with Gasteiger partial charge in [0.15, 0.2) is 0 Å². The molecule has 17 heavy (non-hydrogen) atoms. The van der Waals surface area contributed by atoms with Crippen LogP contribution in [0, 0.1) is 5.92 Å². The Morgan fingerprint density at radius 3 is 2.53 bits per heavy atom. The van der Waals surface area contributed by atoms with E-state index in [4.69, 9.17) is 5.11 Å². The van der Waals surface area contributed by atoms with Gasteiger partial charge in [-0.15, -0.1) is 0 Å². The molecule has 96 valence electrons.